The Morgan fingerprint density at radius 1 is 1.21 bits per heavy atom. The third kappa shape index (κ3) is 4.44. The van der Waals surface area contributed by atoms with E-state index in [0.717, 1.165) is 32.1 Å². The van der Waals surface area contributed by atoms with E-state index in [9.17, 15) is 9.59 Å². The molecule has 0 aliphatic carbocycles. The summed E-state index contributed by atoms with van der Waals surface area (Å²) in [4.78, 5) is 27.5. The first-order chi connectivity index (χ1) is 14.1. The Morgan fingerprint density at radius 2 is 2.07 bits per heavy atom. The minimum Gasteiger partial charge on any atom is -0.493 e. The summed E-state index contributed by atoms with van der Waals surface area (Å²) in [5.74, 6) is 0.898. The Hall–Kier alpha value is -2.83. The van der Waals surface area contributed by atoms with Crippen molar-refractivity contribution in [2.75, 3.05) is 19.7 Å². The number of aryl methyl sites for hydroxylation is 1. The Morgan fingerprint density at radius 3 is 2.90 bits per heavy atom. The van der Waals surface area contributed by atoms with Gasteiger partial charge in [0.1, 0.15) is 5.75 Å². The summed E-state index contributed by atoms with van der Waals surface area (Å²) in [7, 11) is 0. The number of amides is 2. The van der Waals surface area contributed by atoms with Crippen molar-refractivity contribution in [2.24, 2.45) is 5.92 Å². The van der Waals surface area contributed by atoms with Crippen LogP contribution in [0.2, 0.25) is 0 Å². The second-order valence-electron chi connectivity index (χ2n) is 7.91. The number of aromatic nitrogens is 1. The number of piperidine rings is 1. The average molecular weight is 397 g/mol. The molecule has 0 unspecified atom stereocenters. The van der Waals surface area contributed by atoms with Gasteiger partial charge in [0, 0.05) is 25.2 Å². The monoisotopic (exact) mass is 397 g/mol. The lowest BCUT2D eigenvalue weighted by atomic mass is 9.87. The van der Waals surface area contributed by atoms with Gasteiger partial charge in [0.2, 0.25) is 5.76 Å². The molecule has 0 spiro atoms. The summed E-state index contributed by atoms with van der Waals surface area (Å²) in [5.41, 5.74) is 1.27. The van der Waals surface area contributed by atoms with Crippen molar-refractivity contribution in [3.05, 3.63) is 47.3 Å². The molecule has 1 N–H and O–H groups in total. The van der Waals surface area contributed by atoms with Crippen molar-refractivity contribution in [1.82, 2.24) is 15.4 Å². The summed E-state index contributed by atoms with van der Waals surface area (Å²) < 4.78 is 11.0. The highest BCUT2D eigenvalue weighted by atomic mass is 16.5. The van der Waals surface area contributed by atoms with Crippen LogP contribution in [0.5, 0.6) is 5.75 Å². The maximum Gasteiger partial charge on any atom is 0.292 e. The Bertz CT molecular complexity index is 878. The van der Waals surface area contributed by atoms with Gasteiger partial charge in [0.05, 0.1) is 17.9 Å². The molecular weight excluding hydrogens is 370 g/mol. The molecule has 2 atom stereocenters. The molecule has 2 aliphatic heterocycles. The van der Waals surface area contributed by atoms with Crippen molar-refractivity contribution in [2.45, 2.75) is 45.1 Å². The van der Waals surface area contributed by atoms with Crippen molar-refractivity contribution >= 4 is 11.8 Å². The van der Waals surface area contributed by atoms with Crippen LogP contribution in [0.15, 0.2) is 34.9 Å². The lowest BCUT2D eigenvalue weighted by Gasteiger charge is -2.39. The minimum absolute atomic E-state index is 0.0375. The molecule has 29 heavy (non-hydrogen) atoms. The van der Waals surface area contributed by atoms with Gasteiger partial charge >= 0.3 is 0 Å². The second kappa shape index (κ2) is 8.68. The highest BCUT2D eigenvalue weighted by Gasteiger charge is 2.34. The molecule has 0 bridgehead atoms. The van der Waals surface area contributed by atoms with Crippen LogP contribution in [0.4, 0.5) is 0 Å². The number of carbonyl (C=O) groups is 2. The highest BCUT2D eigenvalue weighted by molar-refractivity contribution is 5.97. The number of para-hydroxylation sites is 1. The zero-order chi connectivity index (χ0) is 20.2. The average Bonchev–Trinajstić information content (AvgIpc) is 3.16. The zero-order valence-electron chi connectivity index (χ0n) is 16.7. The molecule has 0 saturated carbocycles. The van der Waals surface area contributed by atoms with Crippen LogP contribution in [0.25, 0.3) is 0 Å². The van der Waals surface area contributed by atoms with E-state index in [1.807, 2.05) is 23.1 Å². The Balaban J connectivity index is 1.50. The second-order valence-corrected chi connectivity index (χ2v) is 7.91. The number of ether oxygens (including phenoxy) is 1. The van der Waals surface area contributed by atoms with Gasteiger partial charge in [-0.3, -0.25) is 9.59 Å². The van der Waals surface area contributed by atoms with Crippen LogP contribution >= 0.6 is 0 Å². The molecule has 1 fully saturated rings. The number of rotatable bonds is 1. The zero-order valence-corrected chi connectivity index (χ0v) is 16.7. The number of nitrogens with zero attached hydrogens (tertiary/aromatic N) is 2. The molecule has 1 saturated heterocycles. The van der Waals surface area contributed by atoms with E-state index in [-0.39, 0.29) is 29.5 Å². The van der Waals surface area contributed by atoms with Crippen LogP contribution in [0, 0.1) is 12.8 Å². The molecule has 3 heterocycles. The molecule has 154 valence electrons. The first-order valence-corrected chi connectivity index (χ1v) is 10.4. The molecule has 7 nitrogen and oxygen atoms in total. The fraction of sp³-hybridized carbons (Fsp3) is 0.500. The van der Waals surface area contributed by atoms with Gasteiger partial charge in [0.15, 0.2) is 0 Å². The lowest BCUT2D eigenvalue weighted by molar-refractivity contribution is 0.0567. The van der Waals surface area contributed by atoms with Crippen LogP contribution in [-0.2, 0) is 0 Å². The Kier molecular flexibility index (Phi) is 5.83. The van der Waals surface area contributed by atoms with Crippen LogP contribution in [0.1, 0.15) is 58.7 Å². The van der Waals surface area contributed by atoms with E-state index < -0.39 is 0 Å². The fourth-order valence-electron chi connectivity index (χ4n) is 4.21. The number of hydrogen-bond donors (Lipinski definition) is 1. The predicted octanol–water partition coefficient (Wildman–Crippen LogP) is 3.20. The number of likely N-dealkylation sites (tertiary alicyclic amines) is 1. The van der Waals surface area contributed by atoms with E-state index in [0.29, 0.717) is 36.7 Å². The van der Waals surface area contributed by atoms with E-state index in [2.05, 4.69) is 10.5 Å². The van der Waals surface area contributed by atoms with Gasteiger partial charge in [-0.05, 0) is 44.2 Å². The van der Waals surface area contributed by atoms with Gasteiger partial charge < -0.3 is 19.5 Å². The number of fused-ring (bicyclic) bond motifs is 2. The van der Waals surface area contributed by atoms with Gasteiger partial charge in [0.25, 0.3) is 11.8 Å². The molecule has 4 rings (SSSR count). The standard InChI is InChI=1S/C22H27N3O4/c1-15-13-20(29-24-15)22(27)25-11-10-18-16(14-25)7-3-2-6-12-28-19-9-5-4-8-17(19)21(26)23-18/h4-5,8-9,13,16,18H,2-3,6-7,10-12,14H2,1H3,(H,23,26)/t16-,18+/m0/s1. The normalized spacial score (nSPS) is 22.9. The van der Waals surface area contributed by atoms with E-state index in [4.69, 9.17) is 9.26 Å². The van der Waals surface area contributed by atoms with Crippen molar-refractivity contribution < 1.29 is 18.8 Å². The van der Waals surface area contributed by atoms with Gasteiger partial charge in [-0.15, -0.1) is 0 Å². The Labute approximate surface area is 170 Å². The van der Waals surface area contributed by atoms with Gasteiger partial charge in [-0.2, -0.15) is 0 Å². The maximum atomic E-state index is 12.9. The SMILES string of the molecule is Cc1cc(C(=O)N2CC[C@H]3NC(=O)c4ccccc4OCCCCC[C@H]3C2)on1. The number of carbonyl (C=O) groups excluding carboxylic acids is 2. The first-order valence-electron chi connectivity index (χ1n) is 10.4. The van der Waals surface area contributed by atoms with Crippen LogP contribution in [0.3, 0.4) is 0 Å². The summed E-state index contributed by atoms with van der Waals surface area (Å²) in [5, 5.41) is 7.03. The molecular formula is C22H27N3O4. The van der Waals surface area contributed by atoms with Crippen LogP contribution < -0.4 is 10.1 Å². The van der Waals surface area contributed by atoms with Crippen molar-refractivity contribution in [1.29, 1.82) is 0 Å². The smallest absolute Gasteiger partial charge is 0.292 e. The third-order valence-corrected chi connectivity index (χ3v) is 5.78. The topological polar surface area (TPSA) is 84.7 Å². The summed E-state index contributed by atoms with van der Waals surface area (Å²) in [6.45, 7) is 3.60. The van der Waals surface area contributed by atoms with Gasteiger partial charge in [-0.25, -0.2) is 0 Å². The summed E-state index contributed by atoms with van der Waals surface area (Å²) in [6.07, 6.45) is 4.75. The lowest BCUT2D eigenvalue weighted by Crippen LogP contribution is -2.52. The fourth-order valence-corrected chi connectivity index (χ4v) is 4.21. The maximum absolute atomic E-state index is 12.9. The number of hydrogen-bond acceptors (Lipinski definition) is 5. The molecule has 2 aromatic rings. The number of nitrogens with one attached hydrogen (secondary N) is 1. The van der Waals surface area contributed by atoms with Crippen molar-refractivity contribution in [3.63, 3.8) is 0 Å². The van der Waals surface area contributed by atoms with Gasteiger partial charge in [-0.1, -0.05) is 30.1 Å². The highest BCUT2D eigenvalue weighted by Crippen LogP contribution is 2.27. The van der Waals surface area contributed by atoms with E-state index in [1.54, 1.807) is 19.1 Å². The predicted molar refractivity (Wildman–Crippen MR) is 107 cm³/mol. The minimum atomic E-state index is -0.125. The molecule has 2 amide bonds. The van der Waals surface area contributed by atoms with E-state index >= 15 is 0 Å². The van der Waals surface area contributed by atoms with E-state index in [1.165, 1.54) is 0 Å². The third-order valence-electron chi connectivity index (χ3n) is 5.78. The largest absolute Gasteiger partial charge is 0.493 e. The molecule has 0 radical (unpaired) electrons. The molecule has 1 aromatic heterocycles. The quantitative estimate of drug-likeness (QED) is 0.799. The molecule has 2 aliphatic rings. The first kappa shape index (κ1) is 19.5. The summed E-state index contributed by atoms with van der Waals surface area (Å²) in [6, 6.07) is 9.10. The molecule has 7 heteroatoms. The summed E-state index contributed by atoms with van der Waals surface area (Å²) >= 11 is 0. The van der Waals surface area contributed by atoms with Crippen LogP contribution in [-0.4, -0.2) is 47.6 Å². The van der Waals surface area contributed by atoms with Crippen molar-refractivity contribution in [3.8, 4) is 5.75 Å². The number of benzene rings is 1. The molecule has 1 aromatic carbocycles.